The number of nitrogens with zero attached hydrogens (tertiary/aromatic N) is 5. The standard InChI is InChI=1S/C17H19ClN6O/c1-23-8-7-20-17(23)14-10-19-6-9-24(14)11-15-21-16(22-25-15)12-2-4-13(18)5-3-12/h2-5,7-8,14,19H,6,9-11H2,1H3. The zero-order valence-electron chi connectivity index (χ0n) is 13.9. The van der Waals surface area contributed by atoms with E-state index in [0.717, 1.165) is 31.0 Å². The second kappa shape index (κ2) is 6.95. The highest BCUT2D eigenvalue weighted by Crippen LogP contribution is 2.24. The number of aryl methyl sites for hydroxylation is 1. The fourth-order valence-electron chi connectivity index (χ4n) is 3.10. The van der Waals surface area contributed by atoms with Crippen LogP contribution in [0.4, 0.5) is 0 Å². The molecular formula is C17H19ClN6O. The van der Waals surface area contributed by atoms with Crippen LogP contribution in [0.15, 0.2) is 41.2 Å². The van der Waals surface area contributed by atoms with Gasteiger partial charge in [-0.3, -0.25) is 4.90 Å². The summed E-state index contributed by atoms with van der Waals surface area (Å²) < 4.78 is 7.52. The molecule has 4 rings (SSSR count). The molecule has 130 valence electrons. The van der Waals surface area contributed by atoms with Crippen LogP contribution in [0.3, 0.4) is 0 Å². The number of benzene rings is 1. The predicted octanol–water partition coefficient (Wildman–Crippen LogP) is 2.27. The molecule has 3 heterocycles. The van der Waals surface area contributed by atoms with Gasteiger partial charge in [0.25, 0.3) is 0 Å². The van der Waals surface area contributed by atoms with Crippen molar-refractivity contribution < 1.29 is 4.52 Å². The summed E-state index contributed by atoms with van der Waals surface area (Å²) in [6.07, 6.45) is 3.79. The lowest BCUT2D eigenvalue weighted by Crippen LogP contribution is -2.46. The van der Waals surface area contributed by atoms with Gasteiger partial charge in [-0.1, -0.05) is 16.8 Å². The number of hydrogen-bond acceptors (Lipinski definition) is 6. The first-order valence-corrected chi connectivity index (χ1v) is 8.59. The number of aromatic nitrogens is 4. The van der Waals surface area contributed by atoms with Crippen LogP contribution < -0.4 is 5.32 Å². The zero-order chi connectivity index (χ0) is 17.2. The van der Waals surface area contributed by atoms with Gasteiger partial charge in [0.2, 0.25) is 11.7 Å². The topological polar surface area (TPSA) is 72.0 Å². The SMILES string of the molecule is Cn1ccnc1C1CNCCN1Cc1nc(-c2ccc(Cl)cc2)no1. The number of rotatable bonds is 4. The lowest BCUT2D eigenvalue weighted by Gasteiger charge is -2.34. The van der Waals surface area contributed by atoms with Gasteiger partial charge in [-0.2, -0.15) is 4.98 Å². The van der Waals surface area contributed by atoms with Crippen LogP contribution >= 0.6 is 11.6 Å². The Morgan fingerprint density at radius 2 is 2.16 bits per heavy atom. The first-order valence-electron chi connectivity index (χ1n) is 8.21. The normalized spacial score (nSPS) is 18.6. The minimum absolute atomic E-state index is 0.180. The summed E-state index contributed by atoms with van der Waals surface area (Å²) in [4.78, 5) is 11.3. The molecule has 3 aromatic rings. The molecule has 1 aliphatic rings. The van der Waals surface area contributed by atoms with E-state index in [1.807, 2.05) is 43.7 Å². The molecule has 7 nitrogen and oxygen atoms in total. The third kappa shape index (κ3) is 3.44. The van der Waals surface area contributed by atoms with Crippen LogP contribution in [0, 0.1) is 0 Å². The Bertz CT molecular complexity index is 843. The van der Waals surface area contributed by atoms with Crippen molar-refractivity contribution in [2.45, 2.75) is 12.6 Å². The Hall–Kier alpha value is -2.22. The minimum atomic E-state index is 0.180. The van der Waals surface area contributed by atoms with Crippen molar-refractivity contribution in [3.8, 4) is 11.4 Å². The summed E-state index contributed by atoms with van der Waals surface area (Å²) in [6, 6.07) is 7.59. The van der Waals surface area contributed by atoms with Crippen LogP contribution in [0.5, 0.6) is 0 Å². The molecule has 0 bridgehead atoms. The van der Waals surface area contributed by atoms with Crippen molar-refractivity contribution in [2.75, 3.05) is 19.6 Å². The van der Waals surface area contributed by atoms with E-state index < -0.39 is 0 Å². The highest BCUT2D eigenvalue weighted by atomic mass is 35.5. The summed E-state index contributed by atoms with van der Waals surface area (Å²) in [5.41, 5.74) is 0.889. The van der Waals surface area contributed by atoms with Crippen LogP contribution in [0.1, 0.15) is 17.8 Å². The van der Waals surface area contributed by atoms with E-state index in [0.29, 0.717) is 23.3 Å². The van der Waals surface area contributed by atoms with E-state index in [-0.39, 0.29) is 6.04 Å². The Morgan fingerprint density at radius 1 is 1.32 bits per heavy atom. The Labute approximate surface area is 150 Å². The quantitative estimate of drug-likeness (QED) is 0.771. The fourth-order valence-corrected chi connectivity index (χ4v) is 3.22. The summed E-state index contributed by atoms with van der Waals surface area (Å²) in [5.74, 6) is 2.21. The van der Waals surface area contributed by atoms with Crippen LogP contribution in [-0.2, 0) is 13.6 Å². The molecule has 8 heteroatoms. The van der Waals surface area contributed by atoms with E-state index >= 15 is 0 Å². The molecule has 0 spiro atoms. The molecule has 25 heavy (non-hydrogen) atoms. The van der Waals surface area contributed by atoms with Gasteiger partial charge in [0.1, 0.15) is 5.82 Å². The molecule has 1 aromatic carbocycles. The first kappa shape index (κ1) is 16.3. The minimum Gasteiger partial charge on any atom is -0.338 e. The van der Waals surface area contributed by atoms with Gasteiger partial charge >= 0.3 is 0 Å². The van der Waals surface area contributed by atoms with Gasteiger partial charge in [0.15, 0.2) is 0 Å². The van der Waals surface area contributed by atoms with Gasteiger partial charge in [0, 0.05) is 49.7 Å². The van der Waals surface area contributed by atoms with E-state index in [1.165, 1.54) is 0 Å². The van der Waals surface area contributed by atoms with E-state index in [2.05, 4.69) is 29.9 Å². The van der Waals surface area contributed by atoms with Crippen molar-refractivity contribution >= 4 is 11.6 Å². The smallest absolute Gasteiger partial charge is 0.241 e. The second-order valence-electron chi connectivity index (χ2n) is 6.11. The van der Waals surface area contributed by atoms with Gasteiger partial charge < -0.3 is 14.4 Å². The van der Waals surface area contributed by atoms with Crippen LogP contribution in [-0.4, -0.2) is 44.2 Å². The van der Waals surface area contributed by atoms with E-state index in [9.17, 15) is 0 Å². The molecule has 1 aliphatic heterocycles. The largest absolute Gasteiger partial charge is 0.338 e. The molecule has 1 atom stereocenters. The molecule has 1 fully saturated rings. The first-order chi connectivity index (χ1) is 12.2. The molecule has 1 saturated heterocycles. The van der Waals surface area contributed by atoms with Gasteiger partial charge in [0.05, 0.1) is 12.6 Å². The lowest BCUT2D eigenvalue weighted by molar-refractivity contribution is 0.128. The highest BCUT2D eigenvalue weighted by Gasteiger charge is 2.28. The number of nitrogens with one attached hydrogen (secondary N) is 1. The van der Waals surface area contributed by atoms with E-state index in [4.69, 9.17) is 16.1 Å². The van der Waals surface area contributed by atoms with Crippen molar-refractivity contribution in [1.82, 2.24) is 29.9 Å². The Morgan fingerprint density at radius 3 is 2.92 bits per heavy atom. The maximum absolute atomic E-state index is 5.93. The molecule has 1 unspecified atom stereocenters. The molecule has 0 amide bonds. The fraction of sp³-hybridized carbons (Fsp3) is 0.353. The van der Waals surface area contributed by atoms with Gasteiger partial charge in [-0.15, -0.1) is 0 Å². The maximum Gasteiger partial charge on any atom is 0.241 e. The van der Waals surface area contributed by atoms with E-state index in [1.54, 1.807) is 0 Å². The molecular weight excluding hydrogens is 340 g/mol. The van der Waals surface area contributed by atoms with Gasteiger partial charge in [-0.05, 0) is 24.3 Å². The average Bonchev–Trinajstić information content (AvgIpc) is 3.25. The third-order valence-corrected chi connectivity index (χ3v) is 4.67. The lowest BCUT2D eigenvalue weighted by atomic mass is 10.1. The predicted molar refractivity (Wildman–Crippen MR) is 94.0 cm³/mol. The van der Waals surface area contributed by atoms with Gasteiger partial charge in [-0.25, -0.2) is 4.98 Å². The molecule has 0 saturated carbocycles. The molecule has 1 N–H and O–H groups in total. The summed E-state index contributed by atoms with van der Waals surface area (Å²) in [6.45, 7) is 3.28. The van der Waals surface area contributed by atoms with Crippen LogP contribution in [0.25, 0.3) is 11.4 Å². The third-order valence-electron chi connectivity index (χ3n) is 4.42. The van der Waals surface area contributed by atoms with Crippen molar-refractivity contribution in [2.24, 2.45) is 7.05 Å². The number of halogens is 1. The monoisotopic (exact) mass is 358 g/mol. The number of piperazine rings is 1. The van der Waals surface area contributed by atoms with Crippen LogP contribution in [0.2, 0.25) is 5.02 Å². The summed E-state index contributed by atoms with van der Waals surface area (Å²) >= 11 is 5.93. The molecule has 2 aromatic heterocycles. The molecule has 0 radical (unpaired) electrons. The average molecular weight is 359 g/mol. The van der Waals surface area contributed by atoms with Crippen molar-refractivity contribution in [1.29, 1.82) is 0 Å². The zero-order valence-corrected chi connectivity index (χ0v) is 14.6. The number of hydrogen-bond donors (Lipinski definition) is 1. The second-order valence-corrected chi connectivity index (χ2v) is 6.54. The maximum atomic E-state index is 5.93. The summed E-state index contributed by atoms with van der Waals surface area (Å²) in [5, 5.41) is 8.21. The van der Waals surface area contributed by atoms with Crippen molar-refractivity contribution in [3.05, 3.63) is 53.4 Å². The number of imidazole rings is 1. The van der Waals surface area contributed by atoms with Crippen molar-refractivity contribution in [3.63, 3.8) is 0 Å². The highest BCUT2D eigenvalue weighted by molar-refractivity contribution is 6.30. The Kier molecular flexibility index (Phi) is 4.52. The molecule has 0 aliphatic carbocycles. The summed E-state index contributed by atoms with van der Waals surface area (Å²) in [7, 11) is 2.01. The Balaban J connectivity index is 1.52.